The SMILES string of the molecule is Cn1cnc2ccc(C3=CCc4ncc(C5=CCN(C(=O)C6CC6)C5)nc43)cc21. The van der Waals surface area contributed by atoms with Crippen LogP contribution in [0.1, 0.15) is 35.5 Å². The van der Waals surface area contributed by atoms with Crippen LogP contribution in [0.4, 0.5) is 0 Å². The normalized spacial score (nSPS) is 18.2. The van der Waals surface area contributed by atoms with Crippen molar-refractivity contribution in [2.45, 2.75) is 19.3 Å². The molecule has 1 aliphatic heterocycles. The number of hydrogen-bond acceptors (Lipinski definition) is 4. The topological polar surface area (TPSA) is 63.9 Å². The van der Waals surface area contributed by atoms with E-state index in [1.165, 1.54) is 0 Å². The van der Waals surface area contributed by atoms with Gasteiger partial charge in [0.15, 0.2) is 0 Å². The fraction of sp³-hybridized carbons (Fsp3) is 0.304. The van der Waals surface area contributed by atoms with E-state index in [9.17, 15) is 4.79 Å². The number of rotatable bonds is 3. The van der Waals surface area contributed by atoms with Crippen molar-refractivity contribution in [1.82, 2.24) is 24.4 Å². The molecule has 6 heteroatoms. The minimum atomic E-state index is 0.255. The molecule has 3 aromatic rings. The maximum atomic E-state index is 12.4. The monoisotopic (exact) mass is 383 g/mol. The van der Waals surface area contributed by atoms with E-state index in [4.69, 9.17) is 9.97 Å². The molecular formula is C23H21N5O. The highest BCUT2D eigenvalue weighted by Gasteiger charge is 2.35. The fourth-order valence-corrected chi connectivity index (χ4v) is 4.27. The van der Waals surface area contributed by atoms with E-state index in [2.05, 4.69) is 35.3 Å². The van der Waals surface area contributed by atoms with Gasteiger partial charge in [-0.3, -0.25) is 9.78 Å². The summed E-state index contributed by atoms with van der Waals surface area (Å²) in [6.45, 7) is 1.33. The van der Waals surface area contributed by atoms with Gasteiger partial charge in [-0.25, -0.2) is 9.97 Å². The first kappa shape index (κ1) is 16.7. The van der Waals surface area contributed by atoms with Crippen LogP contribution < -0.4 is 0 Å². The number of nitrogens with zero attached hydrogens (tertiary/aromatic N) is 5. The molecule has 0 saturated heterocycles. The van der Waals surface area contributed by atoms with Crippen LogP contribution in [0.25, 0.3) is 22.2 Å². The molecule has 0 N–H and O–H groups in total. The standard InChI is InChI=1S/C23H21N5O/c1-27-13-25-18-6-4-15(10-21(18)27)17-5-7-19-22(17)26-20(11-24-19)16-8-9-28(12-16)23(29)14-2-3-14/h4-6,8,10-11,13-14H,2-3,7,9,12H2,1H3. The molecule has 1 amide bonds. The lowest BCUT2D eigenvalue weighted by Gasteiger charge is -2.16. The maximum absolute atomic E-state index is 12.4. The quantitative estimate of drug-likeness (QED) is 0.698. The Kier molecular flexibility index (Phi) is 3.51. The number of aryl methyl sites for hydroxylation is 1. The number of benzene rings is 1. The van der Waals surface area contributed by atoms with Gasteiger partial charge in [-0.1, -0.05) is 18.2 Å². The lowest BCUT2D eigenvalue weighted by Crippen LogP contribution is -2.30. The van der Waals surface area contributed by atoms with Crippen LogP contribution >= 0.6 is 0 Å². The van der Waals surface area contributed by atoms with Gasteiger partial charge in [0.25, 0.3) is 0 Å². The first-order valence-electron chi connectivity index (χ1n) is 10.1. The van der Waals surface area contributed by atoms with Crippen LogP contribution in [0.2, 0.25) is 0 Å². The highest BCUT2D eigenvalue weighted by molar-refractivity contribution is 5.88. The first-order valence-corrected chi connectivity index (χ1v) is 10.1. The third-order valence-electron chi connectivity index (χ3n) is 6.13. The molecule has 144 valence electrons. The average molecular weight is 383 g/mol. The highest BCUT2D eigenvalue weighted by atomic mass is 16.2. The van der Waals surface area contributed by atoms with Gasteiger partial charge in [-0.2, -0.15) is 0 Å². The fourth-order valence-electron chi connectivity index (χ4n) is 4.27. The summed E-state index contributed by atoms with van der Waals surface area (Å²) in [6, 6.07) is 6.33. The smallest absolute Gasteiger partial charge is 0.226 e. The Morgan fingerprint density at radius 1 is 1.17 bits per heavy atom. The molecule has 0 spiro atoms. The van der Waals surface area contributed by atoms with Crippen molar-refractivity contribution in [1.29, 1.82) is 0 Å². The number of allylic oxidation sites excluding steroid dienone is 1. The zero-order valence-electron chi connectivity index (χ0n) is 16.3. The summed E-state index contributed by atoms with van der Waals surface area (Å²) in [7, 11) is 2.01. The lowest BCUT2D eigenvalue weighted by molar-refractivity contribution is -0.131. The van der Waals surface area contributed by atoms with Gasteiger partial charge >= 0.3 is 0 Å². The molecule has 0 unspecified atom stereocenters. The molecule has 2 aromatic heterocycles. The number of amides is 1. The Bertz CT molecular complexity index is 1230. The molecule has 1 saturated carbocycles. The van der Waals surface area contributed by atoms with E-state index in [0.29, 0.717) is 13.1 Å². The molecule has 3 heterocycles. The van der Waals surface area contributed by atoms with Gasteiger partial charge in [0.2, 0.25) is 5.91 Å². The largest absolute Gasteiger partial charge is 0.334 e. The number of aromatic nitrogens is 4. The van der Waals surface area contributed by atoms with Crippen LogP contribution in [0.5, 0.6) is 0 Å². The summed E-state index contributed by atoms with van der Waals surface area (Å²) in [4.78, 5) is 28.4. The predicted octanol–water partition coefficient (Wildman–Crippen LogP) is 2.99. The van der Waals surface area contributed by atoms with E-state index in [0.717, 1.165) is 64.1 Å². The zero-order chi connectivity index (χ0) is 19.5. The summed E-state index contributed by atoms with van der Waals surface area (Å²) in [5.41, 5.74) is 8.31. The number of fused-ring (bicyclic) bond motifs is 2. The van der Waals surface area contributed by atoms with Crippen LogP contribution in [0.15, 0.2) is 42.9 Å². The van der Waals surface area contributed by atoms with Gasteiger partial charge in [-0.05, 0) is 36.1 Å². The molecule has 1 aromatic carbocycles. The Morgan fingerprint density at radius 2 is 2.07 bits per heavy atom. The van der Waals surface area contributed by atoms with Crippen molar-refractivity contribution in [2.75, 3.05) is 13.1 Å². The van der Waals surface area contributed by atoms with Crippen molar-refractivity contribution < 1.29 is 4.79 Å². The molecule has 29 heavy (non-hydrogen) atoms. The summed E-state index contributed by atoms with van der Waals surface area (Å²) in [6.07, 6.45) is 10.9. The average Bonchev–Trinajstić information content (AvgIpc) is 3.16. The minimum Gasteiger partial charge on any atom is -0.334 e. The van der Waals surface area contributed by atoms with Crippen LogP contribution in [0.3, 0.4) is 0 Å². The third-order valence-corrected chi connectivity index (χ3v) is 6.13. The van der Waals surface area contributed by atoms with Crippen molar-refractivity contribution in [3.63, 3.8) is 0 Å². The number of carbonyl (C=O) groups is 1. The molecule has 1 fully saturated rings. The molecule has 0 bridgehead atoms. The Balaban J connectivity index is 1.32. The Morgan fingerprint density at radius 3 is 2.93 bits per heavy atom. The first-order chi connectivity index (χ1) is 14.2. The summed E-state index contributed by atoms with van der Waals surface area (Å²) >= 11 is 0. The van der Waals surface area contributed by atoms with Crippen molar-refractivity contribution in [2.24, 2.45) is 13.0 Å². The van der Waals surface area contributed by atoms with Gasteiger partial charge in [0.1, 0.15) is 0 Å². The van der Waals surface area contributed by atoms with E-state index in [1.54, 1.807) is 0 Å². The third kappa shape index (κ3) is 2.70. The minimum absolute atomic E-state index is 0.255. The Labute approximate surface area is 168 Å². The lowest BCUT2D eigenvalue weighted by atomic mass is 10.0. The van der Waals surface area contributed by atoms with E-state index < -0.39 is 0 Å². The van der Waals surface area contributed by atoms with E-state index in [1.807, 2.05) is 29.0 Å². The molecule has 3 aliphatic rings. The predicted molar refractivity (Wildman–Crippen MR) is 111 cm³/mol. The molecule has 2 aliphatic carbocycles. The number of hydrogen-bond donors (Lipinski definition) is 0. The second-order valence-corrected chi connectivity index (χ2v) is 8.15. The summed E-state index contributed by atoms with van der Waals surface area (Å²) in [5, 5.41) is 0. The van der Waals surface area contributed by atoms with Gasteiger partial charge < -0.3 is 9.47 Å². The van der Waals surface area contributed by atoms with Crippen molar-refractivity contribution in [3.8, 4) is 0 Å². The van der Waals surface area contributed by atoms with Crippen molar-refractivity contribution >= 4 is 28.1 Å². The maximum Gasteiger partial charge on any atom is 0.226 e. The van der Waals surface area contributed by atoms with Crippen LogP contribution in [-0.2, 0) is 18.3 Å². The van der Waals surface area contributed by atoms with Crippen LogP contribution in [0, 0.1) is 5.92 Å². The second-order valence-electron chi connectivity index (χ2n) is 8.15. The summed E-state index contributed by atoms with van der Waals surface area (Å²) < 4.78 is 2.03. The molecule has 0 radical (unpaired) electrons. The number of carbonyl (C=O) groups excluding carboxylic acids is 1. The molecule has 6 rings (SSSR count). The van der Waals surface area contributed by atoms with Gasteiger partial charge in [0, 0.05) is 38.0 Å². The Hall–Kier alpha value is -3.28. The highest BCUT2D eigenvalue weighted by Crippen LogP contribution is 2.35. The van der Waals surface area contributed by atoms with Gasteiger partial charge in [0.05, 0.1) is 40.6 Å². The summed E-state index contributed by atoms with van der Waals surface area (Å²) in [5.74, 6) is 0.542. The number of imidazole rings is 1. The molecule has 6 nitrogen and oxygen atoms in total. The molecular weight excluding hydrogens is 362 g/mol. The van der Waals surface area contributed by atoms with Gasteiger partial charge in [-0.15, -0.1) is 0 Å². The molecule has 0 atom stereocenters. The second kappa shape index (κ2) is 6.11. The van der Waals surface area contributed by atoms with E-state index in [-0.39, 0.29) is 11.8 Å². The van der Waals surface area contributed by atoms with Crippen molar-refractivity contribution in [3.05, 3.63) is 65.5 Å². The zero-order valence-corrected chi connectivity index (χ0v) is 16.3. The van der Waals surface area contributed by atoms with Crippen LogP contribution in [-0.4, -0.2) is 43.4 Å². The van der Waals surface area contributed by atoms with E-state index >= 15 is 0 Å².